The Morgan fingerprint density at radius 1 is 1.25 bits per heavy atom. The first-order valence-corrected chi connectivity index (χ1v) is 5.71. The highest BCUT2D eigenvalue weighted by Crippen LogP contribution is 2.30. The fourth-order valence-corrected chi connectivity index (χ4v) is 4.09. The predicted octanol–water partition coefficient (Wildman–Crippen LogP) is -0.548. The monoisotopic (exact) mass is 189 g/mol. The van der Waals surface area contributed by atoms with Gasteiger partial charge in [0.2, 0.25) is 5.91 Å². The Morgan fingerprint density at radius 3 is 2.67 bits per heavy atom. The Morgan fingerprint density at radius 2 is 1.92 bits per heavy atom. The highest BCUT2D eigenvalue weighted by Gasteiger charge is 2.43. The Bertz CT molecular complexity index is 309. The zero-order valence-corrected chi connectivity index (χ0v) is 7.43. The van der Waals surface area contributed by atoms with Crippen LogP contribution in [0.1, 0.15) is 19.3 Å². The van der Waals surface area contributed by atoms with Crippen LogP contribution in [0, 0.1) is 0 Å². The van der Waals surface area contributed by atoms with Crippen molar-refractivity contribution in [1.29, 1.82) is 0 Å². The number of carbonyl (C=O) groups is 1. The van der Waals surface area contributed by atoms with Crippen molar-refractivity contribution in [2.45, 2.75) is 29.8 Å². The number of rotatable bonds is 0. The van der Waals surface area contributed by atoms with Gasteiger partial charge in [-0.05, 0) is 12.8 Å². The van der Waals surface area contributed by atoms with E-state index in [-0.39, 0.29) is 17.6 Å². The smallest absolute Gasteiger partial charge is 0.221 e. The van der Waals surface area contributed by atoms with E-state index < -0.39 is 15.1 Å². The SMILES string of the molecule is O=C1CC2CCC(CN1)S2(=O)=O. The van der Waals surface area contributed by atoms with Crippen LogP contribution in [-0.4, -0.2) is 31.4 Å². The van der Waals surface area contributed by atoms with Gasteiger partial charge < -0.3 is 5.32 Å². The number of nitrogens with one attached hydrogen (secondary N) is 1. The first kappa shape index (κ1) is 8.04. The van der Waals surface area contributed by atoms with E-state index in [1.165, 1.54) is 0 Å². The summed E-state index contributed by atoms with van der Waals surface area (Å²) in [6.07, 6.45) is 1.55. The van der Waals surface area contributed by atoms with Crippen molar-refractivity contribution < 1.29 is 13.2 Å². The van der Waals surface area contributed by atoms with E-state index in [9.17, 15) is 13.2 Å². The predicted molar refractivity (Wildman–Crippen MR) is 43.4 cm³/mol. The molecule has 2 heterocycles. The lowest BCUT2D eigenvalue weighted by atomic mass is 10.1. The van der Waals surface area contributed by atoms with E-state index in [1.54, 1.807) is 0 Å². The van der Waals surface area contributed by atoms with Crippen LogP contribution in [0.4, 0.5) is 0 Å². The molecule has 68 valence electrons. The number of sulfone groups is 1. The molecule has 2 atom stereocenters. The molecule has 2 fully saturated rings. The van der Waals surface area contributed by atoms with E-state index in [2.05, 4.69) is 5.32 Å². The highest BCUT2D eigenvalue weighted by atomic mass is 32.2. The summed E-state index contributed by atoms with van der Waals surface area (Å²) in [6, 6.07) is 0. The molecular weight excluding hydrogens is 178 g/mol. The van der Waals surface area contributed by atoms with Gasteiger partial charge in [0.1, 0.15) is 0 Å². The summed E-state index contributed by atoms with van der Waals surface area (Å²) < 4.78 is 23.1. The highest BCUT2D eigenvalue weighted by molar-refractivity contribution is 7.93. The minimum atomic E-state index is -2.98. The normalized spacial score (nSPS) is 38.8. The second-order valence-corrected chi connectivity index (χ2v) is 5.93. The van der Waals surface area contributed by atoms with Crippen LogP contribution in [0.15, 0.2) is 0 Å². The molecule has 5 heteroatoms. The molecule has 0 radical (unpaired) electrons. The van der Waals surface area contributed by atoms with Gasteiger partial charge >= 0.3 is 0 Å². The van der Waals surface area contributed by atoms with E-state index in [1.807, 2.05) is 0 Å². The summed E-state index contributed by atoms with van der Waals surface area (Å²) in [6.45, 7) is 0.317. The van der Waals surface area contributed by atoms with Crippen LogP contribution in [-0.2, 0) is 14.6 Å². The zero-order valence-electron chi connectivity index (χ0n) is 6.62. The molecule has 0 aromatic carbocycles. The molecule has 2 saturated heterocycles. The van der Waals surface area contributed by atoms with Gasteiger partial charge in [-0.1, -0.05) is 0 Å². The van der Waals surface area contributed by atoms with Crippen molar-refractivity contribution in [3.05, 3.63) is 0 Å². The molecule has 0 aromatic heterocycles. The fourth-order valence-electron chi connectivity index (χ4n) is 1.92. The Hall–Kier alpha value is -0.580. The number of hydrogen-bond donors (Lipinski definition) is 1. The molecule has 0 spiro atoms. The largest absolute Gasteiger partial charge is 0.355 e. The number of carbonyl (C=O) groups excluding carboxylic acids is 1. The first-order chi connectivity index (χ1) is 5.60. The van der Waals surface area contributed by atoms with Gasteiger partial charge in [0.15, 0.2) is 9.84 Å². The average molecular weight is 189 g/mol. The lowest BCUT2D eigenvalue weighted by Crippen LogP contribution is -2.30. The van der Waals surface area contributed by atoms with E-state index in [4.69, 9.17) is 0 Å². The number of fused-ring (bicyclic) bond motifs is 2. The molecule has 2 unspecified atom stereocenters. The van der Waals surface area contributed by atoms with E-state index in [0.29, 0.717) is 19.4 Å². The van der Waals surface area contributed by atoms with Crippen molar-refractivity contribution in [1.82, 2.24) is 5.32 Å². The molecule has 2 aliphatic heterocycles. The summed E-state index contributed by atoms with van der Waals surface area (Å²) >= 11 is 0. The van der Waals surface area contributed by atoms with Crippen molar-refractivity contribution >= 4 is 15.7 Å². The standard InChI is InChI=1S/C7H11NO3S/c9-7-3-5-1-2-6(4-8-7)12(5,10)11/h5-6H,1-4H2,(H,8,9). The molecular formula is C7H11NO3S. The summed E-state index contributed by atoms with van der Waals surface area (Å²) in [5, 5.41) is 1.90. The van der Waals surface area contributed by atoms with E-state index >= 15 is 0 Å². The zero-order chi connectivity index (χ0) is 8.77. The van der Waals surface area contributed by atoms with Gasteiger partial charge in [-0.2, -0.15) is 0 Å². The Balaban J connectivity index is 2.36. The third-order valence-corrected chi connectivity index (χ3v) is 5.34. The maximum absolute atomic E-state index is 11.5. The third-order valence-electron chi connectivity index (χ3n) is 2.68. The average Bonchev–Trinajstić information content (AvgIpc) is 2.15. The number of hydrogen-bond acceptors (Lipinski definition) is 3. The van der Waals surface area contributed by atoms with Crippen molar-refractivity contribution in [2.75, 3.05) is 6.54 Å². The summed E-state index contributed by atoms with van der Waals surface area (Å²) in [7, 11) is -2.98. The van der Waals surface area contributed by atoms with Crippen LogP contribution >= 0.6 is 0 Å². The maximum Gasteiger partial charge on any atom is 0.221 e. The van der Waals surface area contributed by atoms with Gasteiger partial charge in [0.05, 0.1) is 10.5 Å². The molecule has 0 aromatic rings. The molecule has 0 saturated carbocycles. The maximum atomic E-state index is 11.5. The summed E-state index contributed by atoms with van der Waals surface area (Å²) in [5.74, 6) is -0.120. The Labute approximate surface area is 71.3 Å². The number of amides is 1. The quantitative estimate of drug-likeness (QED) is 0.556. The van der Waals surface area contributed by atoms with Crippen LogP contribution in [0.25, 0.3) is 0 Å². The van der Waals surface area contributed by atoms with Gasteiger partial charge in [-0.15, -0.1) is 0 Å². The summed E-state index contributed by atoms with van der Waals surface area (Å²) in [4.78, 5) is 11.0. The molecule has 4 nitrogen and oxygen atoms in total. The molecule has 1 N–H and O–H groups in total. The Kier molecular flexibility index (Phi) is 1.64. The lowest BCUT2D eigenvalue weighted by molar-refractivity contribution is -0.121. The molecule has 12 heavy (non-hydrogen) atoms. The van der Waals surface area contributed by atoms with Crippen LogP contribution in [0.2, 0.25) is 0 Å². The van der Waals surface area contributed by atoms with Gasteiger partial charge in [-0.25, -0.2) is 8.42 Å². The van der Waals surface area contributed by atoms with Crippen molar-refractivity contribution in [3.8, 4) is 0 Å². The molecule has 0 aliphatic carbocycles. The second-order valence-electron chi connectivity index (χ2n) is 3.42. The molecule has 1 amide bonds. The minimum absolute atomic E-state index is 0.120. The van der Waals surface area contributed by atoms with Crippen molar-refractivity contribution in [3.63, 3.8) is 0 Å². The molecule has 2 aliphatic rings. The van der Waals surface area contributed by atoms with Crippen molar-refractivity contribution in [2.24, 2.45) is 0 Å². The van der Waals surface area contributed by atoms with Gasteiger partial charge in [0.25, 0.3) is 0 Å². The fraction of sp³-hybridized carbons (Fsp3) is 0.857. The topological polar surface area (TPSA) is 63.2 Å². The molecule has 2 bridgehead atoms. The third kappa shape index (κ3) is 1.03. The second kappa shape index (κ2) is 2.45. The van der Waals surface area contributed by atoms with Gasteiger partial charge in [-0.3, -0.25) is 4.79 Å². The molecule has 2 rings (SSSR count). The van der Waals surface area contributed by atoms with Crippen LogP contribution in [0.5, 0.6) is 0 Å². The first-order valence-electron chi connectivity index (χ1n) is 4.10. The summed E-state index contributed by atoms with van der Waals surface area (Å²) in [5.41, 5.74) is 0. The van der Waals surface area contributed by atoms with Crippen LogP contribution in [0.3, 0.4) is 0 Å². The van der Waals surface area contributed by atoms with Gasteiger partial charge in [0, 0.05) is 13.0 Å². The van der Waals surface area contributed by atoms with Crippen LogP contribution < -0.4 is 5.32 Å². The minimum Gasteiger partial charge on any atom is -0.355 e. The lowest BCUT2D eigenvalue weighted by Gasteiger charge is -2.06. The van der Waals surface area contributed by atoms with E-state index in [0.717, 1.165) is 0 Å².